The Hall–Kier alpha value is -0.800. The number of rotatable bonds is 1. The zero-order chi connectivity index (χ0) is 7.56. The van der Waals surface area contributed by atoms with Gasteiger partial charge in [-0.05, 0) is 5.56 Å². The van der Waals surface area contributed by atoms with Gasteiger partial charge in [-0.3, -0.25) is 4.79 Å². The molecule has 3 nitrogen and oxygen atoms in total. The molecule has 0 saturated heterocycles. The molecule has 0 saturated carbocycles. The molecule has 54 valence electrons. The molecule has 1 aromatic rings. The van der Waals surface area contributed by atoms with Crippen LogP contribution in [0.5, 0.6) is 0 Å². The quantitative estimate of drug-likeness (QED) is 0.625. The summed E-state index contributed by atoms with van der Waals surface area (Å²) < 4.78 is 0. The number of halogens is 1. The third-order valence-electron chi connectivity index (χ3n) is 1.17. The Bertz CT molecular complexity index is 281. The third kappa shape index (κ3) is 1.37. The van der Waals surface area contributed by atoms with Crippen LogP contribution in [0.25, 0.3) is 0 Å². The number of pyridine rings is 1. The van der Waals surface area contributed by atoms with Gasteiger partial charge >= 0.3 is 0 Å². The van der Waals surface area contributed by atoms with Crippen LogP contribution in [-0.2, 0) is 6.54 Å². The molecule has 4 heteroatoms. The van der Waals surface area contributed by atoms with Crippen LogP contribution in [0.3, 0.4) is 0 Å². The molecule has 0 radical (unpaired) electrons. The zero-order valence-corrected chi connectivity index (χ0v) is 5.98. The van der Waals surface area contributed by atoms with Crippen molar-refractivity contribution in [1.29, 1.82) is 0 Å². The lowest BCUT2D eigenvalue weighted by atomic mass is 10.3. The zero-order valence-electron chi connectivity index (χ0n) is 5.23. The molecule has 10 heavy (non-hydrogen) atoms. The maximum absolute atomic E-state index is 10.6. The molecule has 0 aliphatic heterocycles. The summed E-state index contributed by atoms with van der Waals surface area (Å²) in [6, 6.07) is 1.39. The molecule has 3 N–H and O–H groups in total. The maximum Gasteiger partial charge on any atom is 0.248 e. The lowest BCUT2D eigenvalue weighted by Gasteiger charge is -1.96. The standard InChI is InChI=1S/C6H7ClN2O/c7-5-3-9-6(10)1-4(5)2-8/h1,3H,2,8H2,(H,9,10). The first-order valence-corrected chi connectivity index (χ1v) is 3.19. The molecule has 1 heterocycles. The first-order chi connectivity index (χ1) is 4.74. The molecule has 0 bridgehead atoms. The van der Waals surface area contributed by atoms with Crippen molar-refractivity contribution >= 4 is 11.6 Å². The van der Waals surface area contributed by atoms with Gasteiger partial charge in [-0.15, -0.1) is 0 Å². The van der Waals surface area contributed by atoms with Gasteiger partial charge in [-0.25, -0.2) is 0 Å². The molecule has 0 aromatic carbocycles. The van der Waals surface area contributed by atoms with E-state index in [2.05, 4.69) is 4.98 Å². The molecule has 0 aliphatic rings. The SMILES string of the molecule is NCc1cc(=O)[nH]cc1Cl. The number of aromatic nitrogens is 1. The van der Waals surface area contributed by atoms with Crippen molar-refractivity contribution in [3.05, 3.63) is 33.2 Å². The molecular weight excluding hydrogens is 152 g/mol. The van der Waals surface area contributed by atoms with Crippen molar-refractivity contribution in [2.75, 3.05) is 0 Å². The number of hydrogen-bond donors (Lipinski definition) is 2. The Kier molecular flexibility index (Phi) is 2.09. The van der Waals surface area contributed by atoms with Gasteiger partial charge < -0.3 is 10.7 Å². The van der Waals surface area contributed by atoms with Crippen LogP contribution in [0, 0.1) is 0 Å². The predicted molar refractivity (Wildman–Crippen MR) is 40.0 cm³/mol. The highest BCUT2D eigenvalue weighted by Gasteiger charge is 1.96. The van der Waals surface area contributed by atoms with Gasteiger partial charge in [0.1, 0.15) is 0 Å². The van der Waals surface area contributed by atoms with Crippen molar-refractivity contribution in [2.45, 2.75) is 6.54 Å². The van der Waals surface area contributed by atoms with E-state index >= 15 is 0 Å². The van der Waals surface area contributed by atoms with Gasteiger partial charge in [0.2, 0.25) is 5.56 Å². The normalized spacial score (nSPS) is 9.80. The molecule has 0 spiro atoms. The molecule has 1 aromatic heterocycles. The fourth-order valence-electron chi connectivity index (χ4n) is 0.652. The second-order valence-corrected chi connectivity index (χ2v) is 2.28. The Balaban J connectivity index is 3.22. The predicted octanol–water partition coefficient (Wildman–Crippen LogP) is 0.487. The molecule has 0 fully saturated rings. The van der Waals surface area contributed by atoms with Gasteiger partial charge in [-0.2, -0.15) is 0 Å². The minimum absolute atomic E-state index is 0.176. The van der Waals surface area contributed by atoms with E-state index < -0.39 is 0 Å². The second kappa shape index (κ2) is 2.86. The monoisotopic (exact) mass is 158 g/mol. The van der Waals surface area contributed by atoms with Gasteiger partial charge in [0.15, 0.2) is 0 Å². The highest BCUT2D eigenvalue weighted by molar-refractivity contribution is 6.31. The highest BCUT2D eigenvalue weighted by atomic mass is 35.5. The summed E-state index contributed by atoms with van der Waals surface area (Å²) in [5, 5.41) is 0.502. The van der Waals surface area contributed by atoms with Crippen molar-refractivity contribution in [2.24, 2.45) is 5.73 Å². The van der Waals surface area contributed by atoms with Gasteiger partial charge in [0.05, 0.1) is 5.02 Å². The molecular formula is C6H7ClN2O. The molecule has 1 rings (SSSR count). The summed E-state index contributed by atoms with van der Waals surface area (Å²) in [5.74, 6) is 0. The molecule has 0 aliphatic carbocycles. The van der Waals surface area contributed by atoms with Crippen LogP contribution in [0.2, 0.25) is 5.02 Å². The van der Waals surface area contributed by atoms with Crippen LogP contribution in [-0.4, -0.2) is 4.98 Å². The van der Waals surface area contributed by atoms with E-state index in [4.69, 9.17) is 17.3 Å². The van der Waals surface area contributed by atoms with Crippen LogP contribution in [0.15, 0.2) is 17.1 Å². The topological polar surface area (TPSA) is 58.9 Å². The number of hydrogen-bond acceptors (Lipinski definition) is 2. The fourth-order valence-corrected chi connectivity index (χ4v) is 0.839. The average Bonchev–Trinajstić information content (AvgIpc) is 1.94. The third-order valence-corrected chi connectivity index (χ3v) is 1.53. The Labute approximate surface area is 62.8 Å². The summed E-state index contributed by atoms with van der Waals surface area (Å²) in [7, 11) is 0. The summed E-state index contributed by atoms with van der Waals surface area (Å²) in [5.41, 5.74) is 5.78. The smallest absolute Gasteiger partial charge is 0.248 e. The lowest BCUT2D eigenvalue weighted by molar-refractivity contribution is 1.05. The average molecular weight is 159 g/mol. The van der Waals surface area contributed by atoms with Gasteiger partial charge in [0, 0.05) is 18.8 Å². The number of H-pyrrole nitrogens is 1. The molecule has 0 atom stereocenters. The lowest BCUT2D eigenvalue weighted by Crippen LogP contribution is -2.07. The maximum atomic E-state index is 10.6. The van der Waals surface area contributed by atoms with E-state index in [0.29, 0.717) is 17.1 Å². The fraction of sp³-hybridized carbons (Fsp3) is 0.167. The molecule has 0 amide bonds. The summed E-state index contributed by atoms with van der Waals surface area (Å²) in [6.07, 6.45) is 1.44. The first kappa shape index (κ1) is 7.31. The van der Waals surface area contributed by atoms with E-state index in [1.165, 1.54) is 12.3 Å². The van der Waals surface area contributed by atoms with Crippen molar-refractivity contribution in [3.8, 4) is 0 Å². The first-order valence-electron chi connectivity index (χ1n) is 2.81. The Morgan fingerprint density at radius 3 is 2.90 bits per heavy atom. The van der Waals surface area contributed by atoms with Gasteiger partial charge in [0.25, 0.3) is 0 Å². The minimum atomic E-state index is -0.176. The molecule has 0 unspecified atom stereocenters. The van der Waals surface area contributed by atoms with Gasteiger partial charge in [-0.1, -0.05) is 11.6 Å². The van der Waals surface area contributed by atoms with Crippen LogP contribution in [0.4, 0.5) is 0 Å². The highest BCUT2D eigenvalue weighted by Crippen LogP contribution is 2.09. The minimum Gasteiger partial charge on any atom is -0.328 e. The van der Waals surface area contributed by atoms with Crippen molar-refractivity contribution < 1.29 is 0 Å². The number of aromatic amines is 1. The van der Waals surface area contributed by atoms with E-state index in [1.807, 2.05) is 0 Å². The largest absolute Gasteiger partial charge is 0.328 e. The van der Waals surface area contributed by atoms with Crippen LogP contribution in [0.1, 0.15) is 5.56 Å². The van der Waals surface area contributed by atoms with E-state index in [9.17, 15) is 4.79 Å². The van der Waals surface area contributed by atoms with E-state index in [-0.39, 0.29) is 5.56 Å². The summed E-state index contributed by atoms with van der Waals surface area (Å²) in [4.78, 5) is 13.1. The van der Waals surface area contributed by atoms with E-state index in [1.54, 1.807) is 0 Å². The number of nitrogens with two attached hydrogens (primary N) is 1. The van der Waals surface area contributed by atoms with Crippen molar-refractivity contribution in [1.82, 2.24) is 4.98 Å². The van der Waals surface area contributed by atoms with Crippen molar-refractivity contribution in [3.63, 3.8) is 0 Å². The summed E-state index contributed by atoms with van der Waals surface area (Å²) in [6.45, 7) is 0.294. The summed E-state index contributed by atoms with van der Waals surface area (Å²) >= 11 is 5.65. The second-order valence-electron chi connectivity index (χ2n) is 1.87. The van der Waals surface area contributed by atoms with Crippen LogP contribution >= 0.6 is 11.6 Å². The van der Waals surface area contributed by atoms with E-state index in [0.717, 1.165) is 0 Å². The number of nitrogens with one attached hydrogen (secondary N) is 1. The van der Waals surface area contributed by atoms with Crippen LogP contribution < -0.4 is 11.3 Å². The Morgan fingerprint density at radius 2 is 2.40 bits per heavy atom. The Morgan fingerprint density at radius 1 is 1.70 bits per heavy atom.